The van der Waals surface area contributed by atoms with Crippen LogP contribution < -0.4 is 0 Å². The van der Waals surface area contributed by atoms with Gasteiger partial charge in [0.05, 0.1) is 29.3 Å². The Morgan fingerprint density at radius 1 is 1.28 bits per heavy atom. The largest absolute Gasteiger partial charge is 0.395 e. The van der Waals surface area contributed by atoms with Gasteiger partial charge in [0.15, 0.2) is 15.6 Å². The molecule has 0 unspecified atom stereocenters. The predicted octanol–water partition coefficient (Wildman–Crippen LogP) is -0.0640. The lowest BCUT2D eigenvalue weighted by molar-refractivity contribution is 0.0479. The summed E-state index contributed by atoms with van der Waals surface area (Å²) in [6.07, 6.45) is 0. The van der Waals surface area contributed by atoms with Crippen LogP contribution in [0.4, 0.5) is 0 Å². The van der Waals surface area contributed by atoms with Crippen molar-refractivity contribution in [2.75, 3.05) is 19.0 Å². The lowest BCUT2D eigenvalue weighted by Crippen LogP contribution is -2.48. The first-order valence-electron chi connectivity index (χ1n) is 5.46. The number of aliphatic hydroxyl groups is 2. The van der Waals surface area contributed by atoms with Crippen LogP contribution >= 0.6 is 0 Å². The molecule has 6 heteroatoms. The van der Waals surface area contributed by atoms with Gasteiger partial charge in [-0.2, -0.15) is 0 Å². The van der Waals surface area contributed by atoms with Crippen LogP contribution in [0.15, 0.2) is 23.1 Å². The molecule has 1 aromatic rings. The van der Waals surface area contributed by atoms with Gasteiger partial charge in [0.2, 0.25) is 0 Å². The molecule has 1 aliphatic heterocycles. The minimum absolute atomic E-state index is 0.00924. The summed E-state index contributed by atoms with van der Waals surface area (Å²) in [6, 6.07) is 4.52. The van der Waals surface area contributed by atoms with Crippen molar-refractivity contribution in [2.45, 2.75) is 11.8 Å². The molecule has 2 N–H and O–H groups in total. The molecule has 0 saturated carbocycles. The molecule has 0 aliphatic carbocycles. The van der Waals surface area contributed by atoms with Crippen molar-refractivity contribution in [1.29, 1.82) is 0 Å². The summed E-state index contributed by atoms with van der Waals surface area (Å²) < 4.78 is 24.3. The molecule has 0 fully saturated rings. The molecule has 1 aromatic carbocycles. The van der Waals surface area contributed by atoms with Gasteiger partial charge in [0.1, 0.15) is 0 Å². The first kappa shape index (κ1) is 13.2. The molecule has 0 spiro atoms. The van der Waals surface area contributed by atoms with Gasteiger partial charge in [0.25, 0.3) is 0 Å². The van der Waals surface area contributed by atoms with Crippen molar-refractivity contribution < 1.29 is 23.4 Å². The standard InChI is InChI=1S/C12H14O5S/c1-8-2-3-9-10(4-8)18(16,17)7-12(5-13,6-14)11(9)15/h2-4,13-14H,5-7H2,1H3. The fraction of sp³-hybridized carbons (Fsp3) is 0.417. The summed E-state index contributed by atoms with van der Waals surface area (Å²) in [6.45, 7) is 0.365. The first-order valence-corrected chi connectivity index (χ1v) is 7.11. The number of fused-ring (bicyclic) bond motifs is 1. The lowest BCUT2D eigenvalue weighted by atomic mass is 9.83. The van der Waals surface area contributed by atoms with E-state index < -0.39 is 40.0 Å². The molecule has 5 nitrogen and oxygen atoms in total. The Labute approximate surface area is 105 Å². The second-order valence-corrected chi connectivity index (χ2v) is 6.64. The van der Waals surface area contributed by atoms with E-state index in [1.54, 1.807) is 13.0 Å². The maximum atomic E-state index is 12.2. The Kier molecular flexibility index (Phi) is 3.04. The number of ketones is 1. The summed E-state index contributed by atoms with van der Waals surface area (Å²) in [5, 5.41) is 18.6. The highest BCUT2D eigenvalue weighted by Crippen LogP contribution is 2.36. The number of carbonyl (C=O) groups is 1. The van der Waals surface area contributed by atoms with Gasteiger partial charge in [-0.05, 0) is 24.6 Å². The van der Waals surface area contributed by atoms with E-state index in [1.807, 2.05) is 0 Å². The molecule has 1 heterocycles. The molecule has 98 valence electrons. The smallest absolute Gasteiger partial charge is 0.180 e. The fourth-order valence-electron chi connectivity index (χ4n) is 2.15. The van der Waals surface area contributed by atoms with Crippen LogP contribution in [0.5, 0.6) is 0 Å². The number of benzene rings is 1. The van der Waals surface area contributed by atoms with Gasteiger partial charge in [-0.15, -0.1) is 0 Å². The number of rotatable bonds is 2. The molecule has 0 saturated heterocycles. The third kappa shape index (κ3) is 1.77. The van der Waals surface area contributed by atoms with Gasteiger partial charge >= 0.3 is 0 Å². The molecule has 0 radical (unpaired) electrons. The average molecular weight is 270 g/mol. The fourth-order valence-corrected chi connectivity index (χ4v) is 4.21. The highest BCUT2D eigenvalue weighted by molar-refractivity contribution is 7.91. The molecule has 1 aliphatic rings. The van der Waals surface area contributed by atoms with Gasteiger partial charge in [-0.3, -0.25) is 4.79 Å². The van der Waals surface area contributed by atoms with Crippen molar-refractivity contribution in [1.82, 2.24) is 0 Å². The number of carbonyl (C=O) groups excluding carboxylic acids is 1. The number of hydrogen-bond donors (Lipinski definition) is 2. The highest BCUT2D eigenvalue weighted by atomic mass is 32.2. The maximum absolute atomic E-state index is 12.2. The molecular weight excluding hydrogens is 256 g/mol. The Bertz CT molecular complexity index is 599. The second kappa shape index (κ2) is 4.15. The summed E-state index contributed by atoms with van der Waals surface area (Å²) in [4.78, 5) is 12.2. The van der Waals surface area contributed by atoms with Gasteiger partial charge in [-0.1, -0.05) is 6.07 Å². The minimum Gasteiger partial charge on any atom is -0.395 e. The van der Waals surface area contributed by atoms with Crippen LogP contribution in [0, 0.1) is 12.3 Å². The van der Waals surface area contributed by atoms with Crippen molar-refractivity contribution >= 4 is 15.6 Å². The Balaban J connectivity index is 2.73. The van der Waals surface area contributed by atoms with E-state index in [0.29, 0.717) is 0 Å². The van der Waals surface area contributed by atoms with E-state index in [9.17, 15) is 23.4 Å². The monoisotopic (exact) mass is 270 g/mol. The molecule has 0 aromatic heterocycles. The molecular formula is C12H14O5S. The summed E-state index contributed by atoms with van der Waals surface area (Å²) in [5.41, 5.74) is -0.832. The van der Waals surface area contributed by atoms with Gasteiger partial charge in [-0.25, -0.2) is 8.42 Å². The summed E-state index contributed by atoms with van der Waals surface area (Å²) >= 11 is 0. The second-order valence-electron chi connectivity index (χ2n) is 4.68. The Morgan fingerprint density at radius 2 is 1.89 bits per heavy atom. The van der Waals surface area contributed by atoms with Crippen LogP contribution in [0.25, 0.3) is 0 Å². The van der Waals surface area contributed by atoms with Crippen molar-refractivity contribution in [3.63, 3.8) is 0 Å². The van der Waals surface area contributed by atoms with E-state index in [0.717, 1.165) is 5.56 Å². The third-order valence-electron chi connectivity index (χ3n) is 3.27. The van der Waals surface area contributed by atoms with E-state index >= 15 is 0 Å². The minimum atomic E-state index is -3.67. The molecule has 2 rings (SSSR count). The maximum Gasteiger partial charge on any atom is 0.180 e. The Morgan fingerprint density at radius 3 is 2.44 bits per heavy atom. The quantitative estimate of drug-likeness (QED) is 0.785. The van der Waals surface area contributed by atoms with Gasteiger partial charge in [0, 0.05) is 5.56 Å². The molecule has 0 bridgehead atoms. The molecule has 0 atom stereocenters. The third-order valence-corrected chi connectivity index (χ3v) is 5.21. The van der Waals surface area contributed by atoms with Crippen molar-refractivity contribution in [3.05, 3.63) is 29.3 Å². The SMILES string of the molecule is Cc1ccc2c(c1)S(=O)(=O)CC(CO)(CO)C2=O. The number of sulfone groups is 1. The Hall–Kier alpha value is -1.24. The normalized spacial score (nSPS) is 20.5. The van der Waals surface area contributed by atoms with E-state index in [-0.39, 0.29) is 10.5 Å². The van der Waals surface area contributed by atoms with E-state index in [1.165, 1.54) is 12.1 Å². The highest BCUT2D eigenvalue weighted by Gasteiger charge is 2.48. The molecule has 0 amide bonds. The first-order chi connectivity index (χ1) is 8.36. The van der Waals surface area contributed by atoms with Gasteiger partial charge < -0.3 is 10.2 Å². The van der Waals surface area contributed by atoms with E-state index in [4.69, 9.17) is 0 Å². The molecule has 18 heavy (non-hydrogen) atoms. The van der Waals surface area contributed by atoms with Crippen LogP contribution in [-0.4, -0.2) is 43.4 Å². The zero-order valence-corrected chi connectivity index (χ0v) is 10.7. The van der Waals surface area contributed by atoms with Crippen LogP contribution in [0.1, 0.15) is 15.9 Å². The number of aliphatic hydroxyl groups excluding tert-OH is 2. The lowest BCUT2D eigenvalue weighted by Gasteiger charge is -2.32. The van der Waals surface area contributed by atoms with Crippen LogP contribution in [0.2, 0.25) is 0 Å². The van der Waals surface area contributed by atoms with Crippen molar-refractivity contribution in [2.24, 2.45) is 5.41 Å². The van der Waals surface area contributed by atoms with Crippen LogP contribution in [0.3, 0.4) is 0 Å². The number of hydrogen-bond acceptors (Lipinski definition) is 5. The average Bonchev–Trinajstić information content (AvgIpc) is 2.34. The summed E-state index contributed by atoms with van der Waals surface area (Å²) in [5.74, 6) is -1.07. The van der Waals surface area contributed by atoms with Crippen molar-refractivity contribution in [3.8, 4) is 0 Å². The topological polar surface area (TPSA) is 91.7 Å². The predicted molar refractivity (Wildman–Crippen MR) is 64.2 cm³/mol. The number of Topliss-reactive ketones (excluding diaryl/α,β-unsaturated/α-hetero) is 1. The number of aryl methyl sites for hydroxylation is 1. The zero-order chi connectivity index (χ0) is 13.6. The van der Waals surface area contributed by atoms with E-state index in [2.05, 4.69) is 0 Å². The summed E-state index contributed by atoms with van der Waals surface area (Å²) in [7, 11) is -3.67. The van der Waals surface area contributed by atoms with Crippen LogP contribution in [-0.2, 0) is 9.84 Å². The zero-order valence-electron chi connectivity index (χ0n) is 9.88.